The van der Waals surface area contributed by atoms with E-state index in [0.717, 1.165) is 25.0 Å². The van der Waals surface area contributed by atoms with E-state index in [-0.39, 0.29) is 5.56 Å². The van der Waals surface area contributed by atoms with Crippen LogP contribution in [0.3, 0.4) is 0 Å². The van der Waals surface area contributed by atoms with Gasteiger partial charge in [0.15, 0.2) is 0 Å². The summed E-state index contributed by atoms with van der Waals surface area (Å²) >= 11 is 0. The lowest BCUT2D eigenvalue weighted by atomic mass is 9.82. The molecule has 1 N–H and O–H groups in total. The SMILES string of the molecule is Cn1c(C2CCc3cc(O)ccc3C2)cccc1=O. The number of benzene rings is 1. The predicted molar refractivity (Wildman–Crippen MR) is 74.6 cm³/mol. The first-order valence-electron chi connectivity index (χ1n) is 6.62. The molecule has 0 amide bonds. The average molecular weight is 255 g/mol. The van der Waals surface area contributed by atoms with Gasteiger partial charge in [0.25, 0.3) is 0 Å². The number of nitrogens with zero attached hydrogens (tertiary/aromatic N) is 1. The predicted octanol–water partition coefficient (Wildman–Crippen LogP) is 2.36. The highest BCUT2D eigenvalue weighted by atomic mass is 16.3. The van der Waals surface area contributed by atoms with Crippen LogP contribution in [0.4, 0.5) is 0 Å². The Bertz CT molecular complexity index is 673. The Kier molecular flexibility index (Phi) is 2.90. The van der Waals surface area contributed by atoms with Gasteiger partial charge in [0.05, 0.1) is 0 Å². The van der Waals surface area contributed by atoms with Crippen LogP contribution in [0.15, 0.2) is 41.2 Å². The van der Waals surface area contributed by atoms with Crippen LogP contribution < -0.4 is 5.56 Å². The van der Waals surface area contributed by atoms with Crippen LogP contribution in [0.1, 0.15) is 29.2 Å². The van der Waals surface area contributed by atoms with Crippen molar-refractivity contribution in [3.63, 3.8) is 0 Å². The van der Waals surface area contributed by atoms with Gasteiger partial charge in [-0.15, -0.1) is 0 Å². The van der Waals surface area contributed by atoms with Gasteiger partial charge in [-0.2, -0.15) is 0 Å². The Hall–Kier alpha value is -2.03. The Morgan fingerprint density at radius 1 is 1.21 bits per heavy atom. The van der Waals surface area contributed by atoms with Gasteiger partial charge in [0.1, 0.15) is 5.75 Å². The van der Waals surface area contributed by atoms with E-state index >= 15 is 0 Å². The molecule has 98 valence electrons. The maximum absolute atomic E-state index is 11.7. The van der Waals surface area contributed by atoms with Crippen molar-refractivity contribution in [3.8, 4) is 5.75 Å². The summed E-state index contributed by atoms with van der Waals surface area (Å²) in [7, 11) is 1.84. The molecular formula is C16H17NO2. The second-order valence-corrected chi connectivity index (χ2v) is 5.24. The van der Waals surface area contributed by atoms with E-state index in [0.29, 0.717) is 11.7 Å². The van der Waals surface area contributed by atoms with Crippen molar-refractivity contribution >= 4 is 0 Å². The normalized spacial score (nSPS) is 18.1. The summed E-state index contributed by atoms with van der Waals surface area (Å²) < 4.78 is 1.75. The van der Waals surface area contributed by atoms with Crippen molar-refractivity contribution in [2.24, 2.45) is 7.05 Å². The summed E-state index contributed by atoms with van der Waals surface area (Å²) in [6.07, 6.45) is 2.91. The minimum Gasteiger partial charge on any atom is -0.508 e. The summed E-state index contributed by atoms with van der Waals surface area (Å²) in [5, 5.41) is 9.51. The molecule has 1 aliphatic carbocycles. The third-order valence-electron chi connectivity index (χ3n) is 4.06. The Balaban J connectivity index is 1.96. The minimum absolute atomic E-state index is 0.0500. The van der Waals surface area contributed by atoms with Crippen molar-refractivity contribution in [2.75, 3.05) is 0 Å². The first-order valence-corrected chi connectivity index (χ1v) is 6.62. The van der Waals surface area contributed by atoms with E-state index in [1.54, 1.807) is 16.7 Å². The standard InChI is InChI=1S/C16H17NO2/c1-17-15(3-2-4-16(17)19)13-6-5-12-10-14(18)8-7-11(12)9-13/h2-4,7-8,10,13,18H,5-6,9H2,1H3. The number of pyridine rings is 1. The highest BCUT2D eigenvalue weighted by molar-refractivity contribution is 5.38. The maximum atomic E-state index is 11.7. The van der Waals surface area contributed by atoms with Gasteiger partial charge in [0.2, 0.25) is 5.56 Å². The molecule has 0 aliphatic heterocycles. The number of rotatable bonds is 1. The third kappa shape index (κ3) is 2.16. The molecule has 0 radical (unpaired) electrons. The fraction of sp³-hybridized carbons (Fsp3) is 0.312. The van der Waals surface area contributed by atoms with Crippen LogP contribution in [-0.2, 0) is 19.9 Å². The summed E-state index contributed by atoms with van der Waals surface area (Å²) in [4.78, 5) is 11.7. The number of phenolic OH excluding ortho intramolecular Hbond substituents is 1. The molecule has 3 heteroatoms. The Labute approximate surface area is 112 Å². The largest absolute Gasteiger partial charge is 0.508 e. The summed E-state index contributed by atoms with van der Waals surface area (Å²) in [5.74, 6) is 0.722. The fourth-order valence-electron chi connectivity index (χ4n) is 2.98. The molecule has 0 fully saturated rings. The van der Waals surface area contributed by atoms with E-state index in [2.05, 4.69) is 0 Å². The average Bonchev–Trinajstić information content (AvgIpc) is 2.41. The molecule has 0 bridgehead atoms. The molecule has 1 aliphatic rings. The molecule has 0 saturated heterocycles. The molecule has 1 aromatic carbocycles. The minimum atomic E-state index is 0.0500. The number of phenols is 1. The Morgan fingerprint density at radius 3 is 2.89 bits per heavy atom. The molecule has 3 nitrogen and oxygen atoms in total. The zero-order valence-electron chi connectivity index (χ0n) is 11.0. The number of aromatic hydroxyl groups is 1. The summed E-state index contributed by atoms with van der Waals surface area (Å²) in [5.41, 5.74) is 3.67. The van der Waals surface area contributed by atoms with E-state index in [9.17, 15) is 9.90 Å². The van der Waals surface area contributed by atoms with Crippen molar-refractivity contribution in [3.05, 3.63) is 63.6 Å². The fourth-order valence-corrected chi connectivity index (χ4v) is 2.98. The lowest BCUT2D eigenvalue weighted by molar-refractivity contribution is 0.471. The third-order valence-corrected chi connectivity index (χ3v) is 4.06. The van der Waals surface area contributed by atoms with E-state index in [1.807, 2.05) is 31.3 Å². The van der Waals surface area contributed by atoms with E-state index < -0.39 is 0 Å². The molecule has 2 aromatic rings. The quantitative estimate of drug-likeness (QED) is 0.850. The van der Waals surface area contributed by atoms with Crippen LogP contribution in [-0.4, -0.2) is 9.67 Å². The van der Waals surface area contributed by atoms with Crippen molar-refractivity contribution < 1.29 is 5.11 Å². The number of aryl methyl sites for hydroxylation is 1. The molecule has 1 heterocycles. The van der Waals surface area contributed by atoms with Gasteiger partial charge in [-0.1, -0.05) is 12.1 Å². The monoisotopic (exact) mass is 255 g/mol. The molecule has 1 atom stereocenters. The van der Waals surface area contributed by atoms with Crippen molar-refractivity contribution in [1.82, 2.24) is 4.57 Å². The smallest absolute Gasteiger partial charge is 0.250 e. The maximum Gasteiger partial charge on any atom is 0.250 e. The van der Waals surface area contributed by atoms with Crippen molar-refractivity contribution in [1.29, 1.82) is 0 Å². The molecular weight excluding hydrogens is 238 g/mol. The van der Waals surface area contributed by atoms with Crippen LogP contribution in [0.2, 0.25) is 0 Å². The number of hydrogen-bond acceptors (Lipinski definition) is 2. The highest BCUT2D eigenvalue weighted by Gasteiger charge is 2.22. The first kappa shape index (κ1) is 12.0. The molecule has 19 heavy (non-hydrogen) atoms. The van der Waals surface area contributed by atoms with Crippen LogP contribution in [0.5, 0.6) is 5.75 Å². The molecule has 3 rings (SSSR count). The van der Waals surface area contributed by atoms with Gasteiger partial charge >= 0.3 is 0 Å². The van der Waals surface area contributed by atoms with E-state index in [4.69, 9.17) is 0 Å². The number of aromatic nitrogens is 1. The van der Waals surface area contributed by atoms with Crippen LogP contribution in [0.25, 0.3) is 0 Å². The first-order chi connectivity index (χ1) is 9.15. The molecule has 1 aromatic heterocycles. The van der Waals surface area contributed by atoms with Gasteiger partial charge < -0.3 is 9.67 Å². The number of fused-ring (bicyclic) bond motifs is 1. The van der Waals surface area contributed by atoms with Crippen LogP contribution in [0, 0.1) is 0 Å². The van der Waals surface area contributed by atoms with Gasteiger partial charge in [-0.25, -0.2) is 0 Å². The zero-order valence-corrected chi connectivity index (χ0v) is 11.0. The highest BCUT2D eigenvalue weighted by Crippen LogP contribution is 2.33. The van der Waals surface area contributed by atoms with E-state index in [1.165, 1.54) is 11.1 Å². The Morgan fingerprint density at radius 2 is 2.05 bits per heavy atom. The molecule has 0 saturated carbocycles. The number of hydrogen-bond donors (Lipinski definition) is 1. The van der Waals surface area contributed by atoms with Gasteiger partial charge in [0, 0.05) is 24.7 Å². The molecule has 1 unspecified atom stereocenters. The van der Waals surface area contributed by atoms with Crippen LogP contribution >= 0.6 is 0 Å². The lowest BCUT2D eigenvalue weighted by Crippen LogP contribution is -2.23. The topological polar surface area (TPSA) is 42.2 Å². The second-order valence-electron chi connectivity index (χ2n) is 5.24. The van der Waals surface area contributed by atoms with Crippen molar-refractivity contribution in [2.45, 2.75) is 25.2 Å². The van der Waals surface area contributed by atoms with Gasteiger partial charge in [-0.3, -0.25) is 4.79 Å². The lowest BCUT2D eigenvalue weighted by Gasteiger charge is -2.26. The molecule has 0 spiro atoms. The summed E-state index contributed by atoms with van der Waals surface area (Å²) in [6.45, 7) is 0. The zero-order chi connectivity index (χ0) is 13.4. The second kappa shape index (κ2) is 4.57. The van der Waals surface area contributed by atoms with Gasteiger partial charge in [-0.05, 0) is 48.6 Å². The summed E-state index contributed by atoms with van der Waals surface area (Å²) in [6, 6.07) is 11.1.